The molecule has 1 nitrogen and oxygen atoms in total. The fraction of sp³-hybridized carbons (Fsp3) is 0.231. The number of benzene rings is 1. The molecule has 0 aliphatic rings. The fourth-order valence-electron chi connectivity index (χ4n) is 1.40. The van der Waals surface area contributed by atoms with Crippen molar-refractivity contribution in [2.75, 3.05) is 0 Å². The molecule has 0 saturated heterocycles. The molecule has 73 valence electrons. The van der Waals surface area contributed by atoms with Crippen LogP contribution >= 0.6 is 0 Å². The van der Waals surface area contributed by atoms with Crippen LogP contribution in [0.2, 0.25) is 0 Å². The van der Waals surface area contributed by atoms with Crippen molar-refractivity contribution in [3.05, 3.63) is 55.7 Å². The van der Waals surface area contributed by atoms with Gasteiger partial charge in [0, 0.05) is 12.8 Å². The molecule has 1 rings (SSSR count). The second kappa shape index (κ2) is 5.58. The molecule has 0 fully saturated rings. The van der Waals surface area contributed by atoms with Crippen LogP contribution in [0, 0.1) is 19.8 Å². The Morgan fingerprint density at radius 3 is 2.64 bits per heavy atom. The van der Waals surface area contributed by atoms with Crippen molar-refractivity contribution in [2.24, 2.45) is 0 Å². The van der Waals surface area contributed by atoms with Gasteiger partial charge in [0.25, 0.3) is 0 Å². The average molecular weight is 187 g/mol. The summed E-state index contributed by atoms with van der Waals surface area (Å²) in [5, 5.41) is 0. The van der Waals surface area contributed by atoms with Crippen LogP contribution in [0.4, 0.5) is 0 Å². The van der Waals surface area contributed by atoms with Gasteiger partial charge in [-0.05, 0) is 24.8 Å². The zero-order valence-corrected chi connectivity index (χ0v) is 8.44. The van der Waals surface area contributed by atoms with Gasteiger partial charge >= 0.3 is 0 Å². The SMILES string of the molecule is [CH2][CH][CH]C(=O)CC(C)c1ccccc1. The first kappa shape index (κ1) is 11.0. The number of Topliss-reactive ketones (excluding diaryl/α,β-unsaturated/α-hetero) is 1. The molecule has 0 aliphatic heterocycles. The largest absolute Gasteiger partial charge is 0.299 e. The lowest BCUT2D eigenvalue weighted by Gasteiger charge is -2.09. The molecule has 0 saturated carbocycles. The van der Waals surface area contributed by atoms with Crippen molar-refractivity contribution >= 4 is 5.78 Å². The molecule has 1 aromatic carbocycles. The number of rotatable bonds is 5. The quantitative estimate of drug-likeness (QED) is 0.692. The highest BCUT2D eigenvalue weighted by Gasteiger charge is 2.09. The lowest BCUT2D eigenvalue weighted by Crippen LogP contribution is -2.04. The van der Waals surface area contributed by atoms with Crippen LogP contribution < -0.4 is 0 Å². The number of carbonyl (C=O) groups is 1. The average Bonchev–Trinajstić information content (AvgIpc) is 2.19. The first-order chi connectivity index (χ1) is 6.74. The highest BCUT2D eigenvalue weighted by Crippen LogP contribution is 2.19. The van der Waals surface area contributed by atoms with E-state index in [0.717, 1.165) is 0 Å². The summed E-state index contributed by atoms with van der Waals surface area (Å²) in [6.45, 7) is 5.56. The van der Waals surface area contributed by atoms with Gasteiger partial charge in [-0.25, -0.2) is 0 Å². The second-order valence-electron chi connectivity index (χ2n) is 3.38. The minimum absolute atomic E-state index is 0.136. The topological polar surface area (TPSA) is 17.1 Å². The van der Waals surface area contributed by atoms with Crippen molar-refractivity contribution < 1.29 is 4.79 Å². The lowest BCUT2D eigenvalue weighted by molar-refractivity contribution is -0.115. The zero-order chi connectivity index (χ0) is 10.4. The first-order valence-electron chi connectivity index (χ1n) is 4.77. The van der Waals surface area contributed by atoms with Crippen LogP contribution in [-0.2, 0) is 4.79 Å². The third kappa shape index (κ3) is 3.33. The standard InChI is InChI=1S/C13H15O/c1-3-7-13(14)10-11(2)12-8-5-4-6-9-12/h3-9,11H,1,10H2,2H3. The maximum Gasteiger partial charge on any atom is 0.137 e. The Hall–Kier alpha value is -1.11. The molecular weight excluding hydrogens is 172 g/mol. The number of ketones is 1. The smallest absolute Gasteiger partial charge is 0.137 e. The minimum Gasteiger partial charge on any atom is -0.299 e. The molecule has 0 bridgehead atoms. The van der Waals surface area contributed by atoms with E-state index in [1.54, 1.807) is 6.42 Å². The Balaban J connectivity index is 2.50. The fourth-order valence-corrected chi connectivity index (χ4v) is 1.40. The summed E-state index contributed by atoms with van der Waals surface area (Å²) in [5.74, 6) is 0.413. The van der Waals surface area contributed by atoms with E-state index in [9.17, 15) is 4.79 Å². The van der Waals surface area contributed by atoms with Gasteiger partial charge in [0.1, 0.15) is 5.78 Å². The molecule has 0 amide bonds. The Labute approximate surface area is 86.1 Å². The van der Waals surface area contributed by atoms with Gasteiger partial charge in [0.05, 0.1) is 0 Å². The maximum absolute atomic E-state index is 11.3. The monoisotopic (exact) mass is 187 g/mol. The van der Waals surface area contributed by atoms with Crippen molar-refractivity contribution in [3.63, 3.8) is 0 Å². The van der Waals surface area contributed by atoms with Gasteiger partial charge in [0.15, 0.2) is 0 Å². The van der Waals surface area contributed by atoms with Gasteiger partial charge in [0.2, 0.25) is 0 Å². The summed E-state index contributed by atoms with van der Waals surface area (Å²) in [7, 11) is 0. The van der Waals surface area contributed by atoms with E-state index < -0.39 is 0 Å². The Morgan fingerprint density at radius 2 is 2.07 bits per heavy atom. The van der Waals surface area contributed by atoms with Crippen molar-refractivity contribution in [2.45, 2.75) is 19.3 Å². The summed E-state index contributed by atoms with van der Waals surface area (Å²) in [6, 6.07) is 10.1. The summed E-state index contributed by atoms with van der Waals surface area (Å²) in [4.78, 5) is 11.3. The molecule has 1 heteroatoms. The molecule has 1 aromatic rings. The van der Waals surface area contributed by atoms with E-state index in [1.165, 1.54) is 12.0 Å². The van der Waals surface area contributed by atoms with E-state index in [0.29, 0.717) is 6.42 Å². The number of carbonyl (C=O) groups excluding carboxylic acids is 1. The normalized spacial score (nSPS) is 12.4. The Kier molecular flexibility index (Phi) is 4.37. The molecule has 0 N–H and O–H groups in total. The van der Waals surface area contributed by atoms with Crippen LogP contribution in [0.15, 0.2) is 30.3 Å². The molecule has 0 spiro atoms. The van der Waals surface area contributed by atoms with E-state index in [-0.39, 0.29) is 11.7 Å². The zero-order valence-electron chi connectivity index (χ0n) is 8.44. The molecule has 0 aliphatic carbocycles. The summed E-state index contributed by atoms with van der Waals surface area (Å²) < 4.78 is 0. The van der Waals surface area contributed by atoms with Crippen LogP contribution in [-0.4, -0.2) is 5.78 Å². The van der Waals surface area contributed by atoms with Crippen LogP contribution in [0.5, 0.6) is 0 Å². The van der Waals surface area contributed by atoms with Crippen molar-refractivity contribution in [1.29, 1.82) is 0 Å². The van der Waals surface area contributed by atoms with E-state index in [2.05, 4.69) is 13.8 Å². The summed E-state index contributed by atoms with van der Waals surface area (Å²) in [5.41, 5.74) is 1.21. The maximum atomic E-state index is 11.3. The summed E-state index contributed by atoms with van der Waals surface area (Å²) >= 11 is 0. The van der Waals surface area contributed by atoms with Crippen molar-refractivity contribution in [1.82, 2.24) is 0 Å². The predicted octanol–water partition coefficient (Wildman–Crippen LogP) is 2.99. The minimum atomic E-state index is 0.136. The predicted molar refractivity (Wildman–Crippen MR) is 58.4 cm³/mol. The summed E-state index contributed by atoms with van der Waals surface area (Å²) in [6.07, 6.45) is 3.62. The number of hydrogen-bond donors (Lipinski definition) is 0. The van der Waals surface area contributed by atoms with Gasteiger partial charge in [-0.2, -0.15) is 0 Å². The first-order valence-corrected chi connectivity index (χ1v) is 4.77. The lowest BCUT2D eigenvalue weighted by atomic mass is 9.94. The molecule has 3 radical (unpaired) electrons. The number of hydrogen-bond acceptors (Lipinski definition) is 1. The third-order valence-electron chi connectivity index (χ3n) is 2.18. The van der Waals surface area contributed by atoms with Gasteiger partial charge in [-0.3, -0.25) is 4.79 Å². The van der Waals surface area contributed by atoms with Crippen LogP contribution in [0.1, 0.15) is 24.8 Å². The molecule has 0 aromatic heterocycles. The highest BCUT2D eigenvalue weighted by atomic mass is 16.1. The molecule has 1 atom stereocenters. The van der Waals surface area contributed by atoms with E-state index in [4.69, 9.17) is 0 Å². The van der Waals surface area contributed by atoms with E-state index >= 15 is 0 Å². The van der Waals surface area contributed by atoms with E-state index in [1.807, 2.05) is 30.3 Å². The van der Waals surface area contributed by atoms with Gasteiger partial charge in [-0.1, -0.05) is 37.3 Å². The van der Waals surface area contributed by atoms with Crippen molar-refractivity contribution in [3.8, 4) is 0 Å². The van der Waals surface area contributed by atoms with Crippen LogP contribution in [0.3, 0.4) is 0 Å². The highest BCUT2D eigenvalue weighted by molar-refractivity contribution is 5.89. The Bertz CT molecular complexity index is 277. The van der Waals surface area contributed by atoms with Gasteiger partial charge in [-0.15, -0.1) is 0 Å². The van der Waals surface area contributed by atoms with Crippen LogP contribution in [0.25, 0.3) is 0 Å². The molecule has 0 heterocycles. The second-order valence-corrected chi connectivity index (χ2v) is 3.38. The molecular formula is C13H15O. The third-order valence-corrected chi connectivity index (χ3v) is 2.18. The Morgan fingerprint density at radius 1 is 1.43 bits per heavy atom. The van der Waals surface area contributed by atoms with Gasteiger partial charge < -0.3 is 0 Å². The molecule has 1 unspecified atom stereocenters. The molecule has 14 heavy (non-hydrogen) atoms.